The molecule has 0 bridgehead atoms. The molecular formula is C37H38N4O4. The van der Waals surface area contributed by atoms with Crippen molar-refractivity contribution in [2.75, 3.05) is 19.7 Å². The number of piperidine rings is 1. The summed E-state index contributed by atoms with van der Waals surface area (Å²) in [5, 5.41) is 0. The Kier molecular flexibility index (Phi) is 9.22. The molecule has 1 atom stereocenters. The number of carbonyl (C=O) groups is 2. The van der Waals surface area contributed by atoms with Crippen molar-refractivity contribution in [3.63, 3.8) is 0 Å². The van der Waals surface area contributed by atoms with Crippen molar-refractivity contribution in [3.8, 4) is 0 Å². The highest BCUT2D eigenvalue weighted by atomic mass is 16.6. The van der Waals surface area contributed by atoms with Gasteiger partial charge in [0.1, 0.15) is 6.61 Å². The Hall–Kier alpha value is -4.95. The number of ether oxygens (including phenoxy) is 1. The van der Waals surface area contributed by atoms with Gasteiger partial charge >= 0.3 is 11.8 Å². The number of fused-ring (bicyclic) bond motifs is 1. The largest absolute Gasteiger partial charge is 0.448 e. The lowest BCUT2D eigenvalue weighted by Gasteiger charge is -2.33. The molecule has 2 heterocycles. The number of amides is 1. The fourth-order valence-electron chi connectivity index (χ4n) is 6.13. The van der Waals surface area contributed by atoms with Crippen LogP contribution in [0.3, 0.4) is 0 Å². The van der Waals surface area contributed by atoms with Crippen molar-refractivity contribution in [1.29, 1.82) is 0 Å². The van der Waals surface area contributed by atoms with E-state index in [-0.39, 0.29) is 36.4 Å². The zero-order valence-corrected chi connectivity index (χ0v) is 25.5. The van der Waals surface area contributed by atoms with Crippen molar-refractivity contribution in [3.05, 3.63) is 142 Å². The quantitative estimate of drug-likeness (QED) is 0.196. The van der Waals surface area contributed by atoms with E-state index in [9.17, 15) is 14.4 Å². The summed E-state index contributed by atoms with van der Waals surface area (Å²) >= 11 is 0. The van der Waals surface area contributed by atoms with E-state index in [1.807, 2.05) is 60.7 Å². The van der Waals surface area contributed by atoms with Gasteiger partial charge in [-0.3, -0.25) is 14.3 Å². The fraction of sp³-hybridized carbons (Fsp3) is 0.270. The number of hydrogen-bond acceptors (Lipinski definition) is 5. The minimum atomic E-state index is -0.350. The number of aromatic nitrogens is 2. The van der Waals surface area contributed by atoms with E-state index in [1.165, 1.54) is 15.7 Å². The molecule has 0 spiro atoms. The predicted octanol–water partition coefficient (Wildman–Crippen LogP) is 6.36. The van der Waals surface area contributed by atoms with Crippen molar-refractivity contribution in [2.24, 2.45) is 0 Å². The summed E-state index contributed by atoms with van der Waals surface area (Å²) in [6.45, 7) is 4.78. The molecule has 1 unspecified atom stereocenters. The van der Waals surface area contributed by atoms with Crippen LogP contribution in [-0.2, 0) is 17.8 Å². The topological polar surface area (TPSA) is 76.8 Å². The lowest BCUT2D eigenvalue weighted by molar-refractivity contribution is 0.0567. The van der Waals surface area contributed by atoms with E-state index in [0.29, 0.717) is 37.0 Å². The van der Waals surface area contributed by atoms with E-state index in [4.69, 9.17) is 4.74 Å². The number of imidazole rings is 1. The monoisotopic (exact) mass is 602 g/mol. The Morgan fingerprint density at radius 2 is 1.27 bits per heavy atom. The van der Waals surface area contributed by atoms with Crippen LogP contribution in [0.1, 0.15) is 47.3 Å². The van der Waals surface area contributed by atoms with Crippen LogP contribution in [0.4, 0.5) is 4.79 Å². The molecule has 5 aromatic rings. The molecule has 0 aliphatic carbocycles. The van der Waals surface area contributed by atoms with Crippen molar-refractivity contribution in [2.45, 2.75) is 44.9 Å². The van der Waals surface area contributed by atoms with E-state index in [2.05, 4.69) is 36.1 Å². The highest BCUT2D eigenvalue weighted by Gasteiger charge is 2.30. The summed E-state index contributed by atoms with van der Waals surface area (Å²) in [6, 6.07) is 36.7. The summed E-state index contributed by atoms with van der Waals surface area (Å²) in [6.07, 6.45) is 0.840. The first-order chi connectivity index (χ1) is 22.0. The van der Waals surface area contributed by atoms with Crippen LogP contribution in [0.2, 0.25) is 0 Å². The van der Waals surface area contributed by atoms with E-state index in [0.717, 1.165) is 18.6 Å². The second-order valence-electron chi connectivity index (χ2n) is 11.7. The number of benzene rings is 4. The summed E-state index contributed by atoms with van der Waals surface area (Å²) < 4.78 is 8.84. The van der Waals surface area contributed by atoms with Gasteiger partial charge in [0.15, 0.2) is 0 Å². The predicted molar refractivity (Wildman–Crippen MR) is 175 cm³/mol. The molecule has 230 valence electrons. The Morgan fingerprint density at radius 1 is 0.756 bits per heavy atom. The normalized spacial score (nSPS) is 14.5. The average Bonchev–Trinajstić information content (AvgIpc) is 3.39. The Balaban J connectivity index is 1.10. The van der Waals surface area contributed by atoms with Gasteiger partial charge in [0, 0.05) is 43.8 Å². The lowest BCUT2D eigenvalue weighted by atomic mass is 10.0. The maximum Gasteiger partial charge on any atom is 0.409 e. The summed E-state index contributed by atoms with van der Waals surface area (Å²) in [5.41, 5.74) is 3.82. The van der Waals surface area contributed by atoms with Crippen LogP contribution in [0.15, 0.2) is 120 Å². The molecule has 6 rings (SSSR count). The maximum absolute atomic E-state index is 13.7. The van der Waals surface area contributed by atoms with Crippen molar-refractivity contribution >= 4 is 23.0 Å². The zero-order valence-electron chi connectivity index (χ0n) is 25.5. The first-order valence-electron chi connectivity index (χ1n) is 15.5. The van der Waals surface area contributed by atoms with Crippen LogP contribution in [0.5, 0.6) is 0 Å². The van der Waals surface area contributed by atoms with Gasteiger partial charge in [0.25, 0.3) is 5.91 Å². The van der Waals surface area contributed by atoms with Crippen LogP contribution in [-0.4, -0.2) is 56.7 Å². The number of likely N-dealkylation sites (tertiary alicyclic amines) is 1. The van der Waals surface area contributed by atoms with Gasteiger partial charge in [-0.2, -0.15) is 0 Å². The molecule has 1 amide bonds. The van der Waals surface area contributed by atoms with Gasteiger partial charge in [-0.05, 0) is 55.2 Å². The first-order valence-corrected chi connectivity index (χ1v) is 15.5. The van der Waals surface area contributed by atoms with Crippen molar-refractivity contribution in [1.82, 2.24) is 18.9 Å². The molecule has 0 radical (unpaired) electrons. The molecule has 1 aliphatic heterocycles. The minimum Gasteiger partial charge on any atom is -0.448 e. The Bertz CT molecular complexity index is 1750. The third-order valence-corrected chi connectivity index (χ3v) is 8.62. The number of para-hydroxylation sites is 2. The van der Waals surface area contributed by atoms with E-state index in [1.54, 1.807) is 39.8 Å². The molecule has 8 nitrogen and oxygen atoms in total. The van der Waals surface area contributed by atoms with Gasteiger partial charge in [0.05, 0.1) is 11.0 Å². The van der Waals surface area contributed by atoms with Crippen molar-refractivity contribution < 1.29 is 14.3 Å². The summed E-state index contributed by atoms with van der Waals surface area (Å²) in [5.74, 6) is -0.348. The van der Waals surface area contributed by atoms with Crippen LogP contribution in [0.25, 0.3) is 11.0 Å². The molecule has 1 saturated heterocycles. The lowest BCUT2D eigenvalue weighted by Crippen LogP contribution is -2.43. The van der Waals surface area contributed by atoms with E-state index < -0.39 is 0 Å². The molecule has 1 fully saturated rings. The molecule has 1 aromatic heterocycles. The number of rotatable bonds is 9. The molecule has 8 heteroatoms. The van der Waals surface area contributed by atoms with Crippen LogP contribution >= 0.6 is 0 Å². The molecule has 45 heavy (non-hydrogen) atoms. The number of hydrogen-bond donors (Lipinski definition) is 0. The van der Waals surface area contributed by atoms with Gasteiger partial charge in [-0.1, -0.05) is 91.0 Å². The average molecular weight is 603 g/mol. The third-order valence-electron chi connectivity index (χ3n) is 8.62. The second kappa shape index (κ2) is 13.8. The third kappa shape index (κ3) is 6.76. The first kappa shape index (κ1) is 30.1. The minimum absolute atomic E-state index is 0.00115. The SMILES string of the molecule is CC(COC(=O)N1CCC(n2c(=O)n(C(=O)c3ccccc3)c3ccccc32)CC1)N(Cc1ccccc1)Cc1ccccc1. The van der Waals surface area contributed by atoms with Crippen LogP contribution in [0, 0.1) is 0 Å². The van der Waals surface area contributed by atoms with Gasteiger partial charge in [-0.25, -0.2) is 14.2 Å². The molecule has 4 aromatic carbocycles. The number of carbonyl (C=O) groups excluding carboxylic acids is 2. The smallest absolute Gasteiger partial charge is 0.409 e. The standard InChI is InChI=1S/C37H38N4O4/c1-28(39(25-29-13-5-2-6-14-29)26-30-15-7-3-8-16-30)27-45-37(44)38-23-21-32(22-24-38)40-33-19-11-12-20-34(33)41(36(40)43)35(42)31-17-9-4-10-18-31/h2-20,28,32H,21-27H2,1H3. The summed E-state index contributed by atoms with van der Waals surface area (Å²) in [7, 11) is 0. The molecule has 0 saturated carbocycles. The van der Waals surface area contributed by atoms with Gasteiger partial charge < -0.3 is 9.64 Å². The molecular weight excluding hydrogens is 564 g/mol. The highest BCUT2D eigenvalue weighted by Crippen LogP contribution is 2.27. The molecule has 0 N–H and O–H groups in total. The highest BCUT2D eigenvalue weighted by molar-refractivity contribution is 6.01. The summed E-state index contributed by atoms with van der Waals surface area (Å²) in [4.78, 5) is 44.3. The number of nitrogens with zero attached hydrogens (tertiary/aromatic N) is 4. The van der Waals surface area contributed by atoms with E-state index >= 15 is 0 Å². The molecule has 1 aliphatic rings. The van der Waals surface area contributed by atoms with Gasteiger partial charge in [-0.15, -0.1) is 0 Å². The Labute approximate surface area is 263 Å². The van der Waals surface area contributed by atoms with Gasteiger partial charge in [0.2, 0.25) is 0 Å². The zero-order chi connectivity index (χ0) is 31.2. The maximum atomic E-state index is 13.7. The Morgan fingerprint density at radius 3 is 1.84 bits per heavy atom. The fourth-order valence-corrected chi connectivity index (χ4v) is 6.13. The van der Waals surface area contributed by atoms with Crippen LogP contribution < -0.4 is 5.69 Å². The second-order valence-corrected chi connectivity index (χ2v) is 11.7.